The third-order valence-electron chi connectivity index (χ3n) is 2.09. The van der Waals surface area contributed by atoms with E-state index in [1.807, 2.05) is 0 Å². The number of pyridine rings is 1. The number of halogens is 5. The van der Waals surface area contributed by atoms with Crippen LogP contribution in [0.5, 0.6) is 0 Å². The fourth-order valence-corrected chi connectivity index (χ4v) is 2.30. The topological polar surface area (TPSA) is 12.9 Å². The van der Waals surface area contributed by atoms with Crippen LogP contribution in [0.25, 0.3) is 11.3 Å². The Kier molecular flexibility index (Phi) is 3.79. The van der Waals surface area contributed by atoms with Gasteiger partial charge in [0.25, 0.3) is 0 Å². The summed E-state index contributed by atoms with van der Waals surface area (Å²) in [6, 6.07) is 4.27. The number of aromatic nitrogens is 1. The molecule has 0 radical (unpaired) electrons. The van der Waals surface area contributed by atoms with Gasteiger partial charge in [-0.3, -0.25) is 4.98 Å². The lowest BCUT2D eigenvalue weighted by atomic mass is 10.1. The van der Waals surface area contributed by atoms with Crippen molar-refractivity contribution in [3.05, 3.63) is 50.3 Å². The van der Waals surface area contributed by atoms with E-state index in [0.717, 1.165) is 12.3 Å². The van der Waals surface area contributed by atoms with Crippen molar-refractivity contribution in [2.24, 2.45) is 0 Å². The van der Waals surface area contributed by atoms with Gasteiger partial charge in [-0.25, -0.2) is 4.39 Å². The largest absolute Gasteiger partial charge is 0.252 e. The summed E-state index contributed by atoms with van der Waals surface area (Å²) < 4.78 is 12.9. The molecule has 0 aliphatic carbocycles. The van der Waals surface area contributed by atoms with Crippen molar-refractivity contribution in [3.63, 3.8) is 0 Å². The summed E-state index contributed by atoms with van der Waals surface area (Å²) in [5, 5.41) is 1.03. The van der Waals surface area contributed by atoms with Crippen molar-refractivity contribution in [2.45, 2.75) is 0 Å². The van der Waals surface area contributed by atoms with Gasteiger partial charge in [0.15, 0.2) is 0 Å². The van der Waals surface area contributed by atoms with Gasteiger partial charge in [0.2, 0.25) is 0 Å². The third-order valence-corrected chi connectivity index (χ3v) is 3.50. The maximum atomic E-state index is 12.9. The minimum Gasteiger partial charge on any atom is -0.252 e. The highest BCUT2D eigenvalue weighted by atomic mass is 35.5. The molecule has 0 saturated heterocycles. The lowest BCUT2D eigenvalue weighted by Gasteiger charge is -2.09. The van der Waals surface area contributed by atoms with Gasteiger partial charge in [0.1, 0.15) is 5.82 Å². The van der Waals surface area contributed by atoms with Crippen molar-refractivity contribution in [3.8, 4) is 11.3 Å². The number of rotatable bonds is 1. The van der Waals surface area contributed by atoms with E-state index in [4.69, 9.17) is 46.4 Å². The summed E-state index contributed by atoms with van der Waals surface area (Å²) >= 11 is 23.8. The second-order valence-electron chi connectivity index (χ2n) is 3.20. The van der Waals surface area contributed by atoms with E-state index < -0.39 is 5.82 Å². The first-order valence-electron chi connectivity index (χ1n) is 4.45. The first kappa shape index (κ1) is 12.9. The Morgan fingerprint density at radius 1 is 0.941 bits per heavy atom. The molecule has 0 aliphatic heterocycles. The maximum Gasteiger partial charge on any atom is 0.143 e. The van der Waals surface area contributed by atoms with Crippen molar-refractivity contribution in [1.29, 1.82) is 0 Å². The van der Waals surface area contributed by atoms with Gasteiger partial charge >= 0.3 is 0 Å². The lowest BCUT2D eigenvalue weighted by Crippen LogP contribution is -1.90. The highest BCUT2D eigenvalue weighted by Crippen LogP contribution is 2.40. The molecule has 1 aromatic heterocycles. The number of hydrogen-bond donors (Lipinski definition) is 0. The maximum absolute atomic E-state index is 12.9. The van der Waals surface area contributed by atoms with Gasteiger partial charge in [-0.2, -0.15) is 0 Å². The van der Waals surface area contributed by atoms with Crippen LogP contribution in [0.4, 0.5) is 4.39 Å². The number of benzene rings is 1. The molecule has 0 saturated carbocycles. The summed E-state index contributed by atoms with van der Waals surface area (Å²) in [6.07, 6.45) is 1.04. The van der Waals surface area contributed by atoms with Crippen LogP contribution < -0.4 is 0 Å². The minimum absolute atomic E-state index is 0.121. The fraction of sp³-hybridized carbons (Fsp3) is 0. The molecular formula is C11H4Cl4FN. The summed E-state index contributed by atoms with van der Waals surface area (Å²) in [5.74, 6) is -0.534. The summed E-state index contributed by atoms with van der Waals surface area (Å²) in [6.45, 7) is 0. The molecule has 17 heavy (non-hydrogen) atoms. The molecule has 0 unspecified atom stereocenters. The Hall–Kier alpha value is -0.540. The average Bonchev–Trinajstić information content (AvgIpc) is 2.27. The van der Waals surface area contributed by atoms with Gasteiger partial charge < -0.3 is 0 Å². The molecule has 0 fully saturated rings. The Bertz CT molecular complexity index is 586. The van der Waals surface area contributed by atoms with Crippen LogP contribution in [0, 0.1) is 5.82 Å². The van der Waals surface area contributed by atoms with Gasteiger partial charge in [-0.15, -0.1) is 0 Å². The molecule has 0 N–H and O–H groups in total. The highest BCUT2D eigenvalue weighted by molar-refractivity contribution is 6.46. The standard InChI is InChI=1S/C11H4Cl4FN/c12-6-1-2-7(13)10(15)9(6)11-8(14)3-5(16)4-17-11/h1-4H. The van der Waals surface area contributed by atoms with E-state index in [0.29, 0.717) is 21.3 Å². The average molecular weight is 311 g/mol. The number of hydrogen-bond acceptors (Lipinski definition) is 1. The van der Waals surface area contributed by atoms with Gasteiger partial charge in [-0.05, 0) is 18.2 Å². The van der Waals surface area contributed by atoms with Crippen molar-refractivity contribution < 1.29 is 4.39 Å². The van der Waals surface area contributed by atoms with E-state index in [2.05, 4.69) is 4.98 Å². The zero-order valence-corrected chi connectivity index (χ0v) is 11.2. The number of nitrogens with zero attached hydrogens (tertiary/aromatic N) is 1. The molecule has 88 valence electrons. The van der Waals surface area contributed by atoms with Crippen molar-refractivity contribution in [2.75, 3.05) is 0 Å². The molecular weight excluding hydrogens is 307 g/mol. The van der Waals surface area contributed by atoms with Crippen LogP contribution in [0.1, 0.15) is 0 Å². The van der Waals surface area contributed by atoms with Crippen LogP contribution >= 0.6 is 46.4 Å². The van der Waals surface area contributed by atoms with Gasteiger partial charge in [0, 0.05) is 5.56 Å². The van der Waals surface area contributed by atoms with Crippen LogP contribution in [0.2, 0.25) is 20.1 Å². The molecule has 1 aromatic carbocycles. The monoisotopic (exact) mass is 309 g/mol. The van der Waals surface area contributed by atoms with Crippen LogP contribution in [-0.4, -0.2) is 4.98 Å². The smallest absolute Gasteiger partial charge is 0.143 e. The van der Waals surface area contributed by atoms with E-state index >= 15 is 0 Å². The van der Waals surface area contributed by atoms with Crippen LogP contribution in [0.3, 0.4) is 0 Å². The zero-order valence-electron chi connectivity index (χ0n) is 8.15. The predicted octanol–water partition coefficient (Wildman–Crippen LogP) is 5.50. The first-order chi connectivity index (χ1) is 8.00. The molecule has 2 aromatic rings. The highest BCUT2D eigenvalue weighted by Gasteiger charge is 2.16. The minimum atomic E-state index is -0.534. The summed E-state index contributed by atoms with van der Waals surface area (Å²) in [4.78, 5) is 3.88. The zero-order chi connectivity index (χ0) is 12.6. The van der Waals surface area contributed by atoms with E-state index in [1.54, 1.807) is 12.1 Å². The van der Waals surface area contributed by atoms with Crippen molar-refractivity contribution in [1.82, 2.24) is 4.98 Å². The van der Waals surface area contributed by atoms with E-state index in [9.17, 15) is 4.39 Å². The first-order valence-corrected chi connectivity index (χ1v) is 5.97. The molecule has 0 bridgehead atoms. The molecule has 6 heteroatoms. The van der Waals surface area contributed by atoms with Crippen molar-refractivity contribution >= 4 is 46.4 Å². The Morgan fingerprint density at radius 3 is 2.24 bits per heavy atom. The van der Waals surface area contributed by atoms with E-state index in [1.165, 1.54) is 0 Å². The Balaban J connectivity index is 2.72. The van der Waals surface area contributed by atoms with Crippen LogP contribution in [0.15, 0.2) is 24.4 Å². The third kappa shape index (κ3) is 2.50. The quantitative estimate of drug-likeness (QED) is 0.634. The summed E-state index contributed by atoms with van der Waals surface area (Å²) in [7, 11) is 0. The second kappa shape index (κ2) is 4.99. The second-order valence-corrected chi connectivity index (χ2v) is 4.80. The molecule has 0 aliphatic rings. The molecule has 1 heterocycles. The summed E-state index contributed by atoms with van der Waals surface area (Å²) in [5.41, 5.74) is 0.691. The van der Waals surface area contributed by atoms with Gasteiger partial charge in [-0.1, -0.05) is 46.4 Å². The fourth-order valence-electron chi connectivity index (χ4n) is 1.34. The normalized spacial score (nSPS) is 10.6. The van der Waals surface area contributed by atoms with E-state index in [-0.39, 0.29) is 10.0 Å². The predicted molar refractivity (Wildman–Crippen MR) is 69.7 cm³/mol. The molecule has 2 rings (SSSR count). The Labute approximate surface area is 117 Å². The lowest BCUT2D eigenvalue weighted by molar-refractivity contribution is 0.622. The van der Waals surface area contributed by atoms with Crippen LogP contribution in [-0.2, 0) is 0 Å². The van der Waals surface area contributed by atoms with Gasteiger partial charge in [0.05, 0.1) is 32.0 Å². The Morgan fingerprint density at radius 2 is 1.59 bits per heavy atom. The molecule has 0 spiro atoms. The SMILES string of the molecule is Fc1cnc(-c2c(Cl)ccc(Cl)c2Cl)c(Cl)c1. The molecule has 0 atom stereocenters. The molecule has 0 amide bonds. The molecule has 1 nitrogen and oxygen atoms in total.